The first kappa shape index (κ1) is 19.0. The van der Waals surface area contributed by atoms with E-state index in [-0.39, 0.29) is 24.8 Å². The van der Waals surface area contributed by atoms with Crippen molar-refractivity contribution in [2.24, 2.45) is 0 Å². The lowest BCUT2D eigenvalue weighted by Gasteiger charge is -2.37. The van der Waals surface area contributed by atoms with E-state index < -0.39 is 8.24 Å². The molecule has 2 N–H and O–H groups in total. The molecular formula is C12H24Cl2N2Si. The lowest BCUT2D eigenvalue weighted by molar-refractivity contribution is 0.903. The van der Waals surface area contributed by atoms with E-state index in [4.69, 9.17) is 5.73 Å². The quantitative estimate of drug-likeness (QED) is 0.667. The van der Waals surface area contributed by atoms with Crippen molar-refractivity contribution < 1.29 is 0 Å². The van der Waals surface area contributed by atoms with E-state index in [2.05, 4.69) is 43.3 Å². The molecule has 0 aliphatic heterocycles. The Morgan fingerprint density at radius 1 is 1.12 bits per heavy atom. The molecule has 0 radical (unpaired) electrons. The molecule has 0 fully saturated rings. The van der Waals surface area contributed by atoms with Gasteiger partial charge in [0, 0.05) is 6.54 Å². The van der Waals surface area contributed by atoms with Gasteiger partial charge in [-0.05, 0) is 18.6 Å². The van der Waals surface area contributed by atoms with E-state index in [1.165, 1.54) is 12.1 Å². The zero-order chi connectivity index (χ0) is 11.5. The minimum Gasteiger partial charge on any atom is -0.397 e. The molecule has 1 rings (SSSR count). The summed E-state index contributed by atoms with van der Waals surface area (Å²) in [6.07, 6.45) is 1.17. The van der Waals surface area contributed by atoms with Crippen LogP contribution in [-0.2, 0) is 0 Å². The van der Waals surface area contributed by atoms with Crippen LogP contribution in [0.3, 0.4) is 0 Å². The van der Waals surface area contributed by atoms with Crippen molar-refractivity contribution >= 4 is 44.4 Å². The van der Waals surface area contributed by atoms with Crippen LogP contribution >= 0.6 is 24.8 Å². The van der Waals surface area contributed by atoms with Gasteiger partial charge in [0.05, 0.1) is 11.4 Å². The number of hydrogen-bond donors (Lipinski definition) is 1. The molecule has 0 spiro atoms. The van der Waals surface area contributed by atoms with Crippen molar-refractivity contribution in [1.82, 2.24) is 0 Å². The van der Waals surface area contributed by atoms with Crippen LogP contribution in [0.15, 0.2) is 24.3 Å². The van der Waals surface area contributed by atoms with Gasteiger partial charge in [-0.3, -0.25) is 0 Å². The Hall–Kier alpha value is -0.383. The molecule has 0 aromatic heterocycles. The summed E-state index contributed by atoms with van der Waals surface area (Å²) in [6, 6.07) is 8.17. The molecule has 0 saturated heterocycles. The highest BCUT2D eigenvalue weighted by Crippen LogP contribution is 2.27. The normalized spacial score (nSPS) is 10.1. The first-order valence-electron chi connectivity index (χ1n) is 5.59. The summed E-state index contributed by atoms with van der Waals surface area (Å²) in [7, 11) is -1.33. The van der Waals surface area contributed by atoms with Crippen molar-refractivity contribution in [3.8, 4) is 0 Å². The predicted molar refractivity (Wildman–Crippen MR) is 86.3 cm³/mol. The zero-order valence-electron chi connectivity index (χ0n) is 11.1. The minimum absolute atomic E-state index is 0. The maximum absolute atomic E-state index is 6.03. The highest BCUT2D eigenvalue weighted by Gasteiger charge is 2.24. The van der Waals surface area contributed by atoms with Gasteiger partial charge in [0.2, 0.25) is 0 Å². The van der Waals surface area contributed by atoms with Crippen LogP contribution in [0.5, 0.6) is 0 Å². The van der Waals surface area contributed by atoms with Crippen LogP contribution in [0.2, 0.25) is 19.6 Å². The van der Waals surface area contributed by atoms with E-state index >= 15 is 0 Å². The molecule has 0 atom stereocenters. The number of para-hydroxylation sites is 2. The van der Waals surface area contributed by atoms with E-state index in [0.717, 1.165) is 12.2 Å². The van der Waals surface area contributed by atoms with E-state index in [0.29, 0.717) is 0 Å². The smallest absolute Gasteiger partial charge is 0.147 e. The van der Waals surface area contributed by atoms with Crippen molar-refractivity contribution in [1.29, 1.82) is 0 Å². The highest BCUT2D eigenvalue weighted by atomic mass is 35.5. The zero-order valence-corrected chi connectivity index (χ0v) is 13.7. The van der Waals surface area contributed by atoms with Crippen LogP contribution in [0.4, 0.5) is 11.4 Å². The average molecular weight is 295 g/mol. The molecule has 1 aromatic carbocycles. The second-order valence-corrected chi connectivity index (χ2v) is 9.76. The minimum atomic E-state index is -1.33. The lowest BCUT2D eigenvalue weighted by atomic mass is 10.2. The third-order valence-electron chi connectivity index (χ3n) is 2.48. The monoisotopic (exact) mass is 294 g/mol. The van der Waals surface area contributed by atoms with E-state index in [1.807, 2.05) is 12.1 Å². The Labute approximate surface area is 118 Å². The molecule has 0 aliphatic rings. The van der Waals surface area contributed by atoms with Crippen molar-refractivity contribution in [3.05, 3.63) is 24.3 Å². The Kier molecular flexibility index (Phi) is 8.76. The van der Waals surface area contributed by atoms with E-state index in [1.54, 1.807) is 0 Å². The van der Waals surface area contributed by atoms with Gasteiger partial charge >= 0.3 is 0 Å². The number of nitrogens with two attached hydrogens (primary N) is 1. The molecule has 0 unspecified atom stereocenters. The largest absolute Gasteiger partial charge is 0.397 e. The number of nitrogens with zero attached hydrogens (tertiary/aromatic N) is 1. The fourth-order valence-corrected chi connectivity index (χ4v) is 3.59. The first-order valence-corrected chi connectivity index (χ1v) is 9.03. The number of halogens is 2. The van der Waals surface area contributed by atoms with Gasteiger partial charge in [0.15, 0.2) is 0 Å². The summed E-state index contributed by atoms with van der Waals surface area (Å²) >= 11 is 0. The van der Waals surface area contributed by atoms with Crippen LogP contribution in [-0.4, -0.2) is 14.8 Å². The summed E-state index contributed by atoms with van der Waals surface area (Å²) in [6.45, 7) is 10.4. The van der Waals surface area contributed by atoms with Gasteiger partial charge in [-0.15, -0.1) is 24.8 Å². The number of benzene rings is 1. The average Bonchev–Trinajstić information content (AvgIpc) is 2.14. The van der Waals surface area contributed by atoms with Crippen LogP contribution in [0.25, 0.3) is 0 Å². The summed E-state index contributed by atoms with van der Waals surface area (Å²) in [5.74, 6) is 0. The second kappa shape index (κ2) is 7.85. The van der Waals surface area contributed by atoms with Gasteiger partial charge in [-0.2, -0.15) is 0 Å². The van der Waals surface area contributed by atoms with Gasteiger partial charge in [0.25, 0.3) is 0 Å². The van der Waals surface area contributed by atoms with Crippen molar-refractivity contribution in [3.63, 3.8) is 0 Å². The van der Waals surface area contributed by atoms with Crippen molar-refractivity contribution in [2.75, 3.05) is 16.8 Å². The van der Waals surface area contributed by atoms with Gasteiger partial charge in [-0.25, -0.2) is 0 Å². The van der Waals surface area contributed by atoms with Gasteiger partial charge in [0.1, 0.15) is 8.24 Å². The molecule has 0 amide bonds. The Bertz CT molecular complexity index is 327. The van der Waals surface area contributed by atoms with Crippen LogP contribution < -0.4 is 10.3 Å². The molecule has 1 aromatic rings. The standard InChI is InChI=1S/C12H22N2Si.2ClH/c1-5-10-14(15(2,3)4)12-9-7-6-8-11(12)13;;/h6-9H,5,10,13H2,1-4H3;2*1H. The molecule has 0 aliphatic carbocycles. The SMILES string of the molecule is CCCN(c1ccccc1N)[Si](C)(C)C.Cl.Cl. The first-order chi connectivity index (χ1) is 6.96. The van der Waals surface area contributed by atoms with Crippen LogP contribution in [0.1, 0.15) is 13.3 Å². The number of rotatable bonds is 4. The number of hydrogen-bond acceptors (Lipinski definition) is 2. The number of nitrogen functional groups attached to an aromatic ring is 1. The molecule has 5 heteroatoms. The third-order valence-corrected chi connectivity index (χ3v) is 4.57. The highest BCUT2D eigenvalue weighted by molar-refractivity contribution is 6.79. The molecule has 2 nitrogen and oxygen atoms in total. The Morgan fingerprint density at radius 2 is 1.65 bits per heavy atom. The van der Waals surface area contributed by atoms with Gasteiger partial charge < -0.3 is 10.3 Å². The van der Waals surface area contributed by atoms with E-state index in [9.17, 15) is 0 Å². The topological polar surface area (TPSA) is 29.3 Å². The molecule has 0 heterocycles. The fraction of sp³-hybridized carbons (Fsp3) is 0.500. The Morgan fingerprint density at radius 3 is 2.06 bits per heavy atom. The fourth-order valence-electron chi connectivity index (χ4n) is 1.77. The van der Waals surface area contributed by atoms with Crippen LogP contribution in [0, 0.1) is 0 Å². The molecule has 0 saturated carbocycles. The molecular weight excluding hydrogens is 271 g/mol. The maximum Gasteiger partial charge on any atom is 0.147 e. The molecule has 17 heavy (non-hydrogen) atoms. The maximum atomic E-state index is 6.03. The summed E-state index contributed by atoms with van der Waals surface area (Å²) in [4.78, 5) is 0. The molecule has 100 valence electrons. The third kappa shape index (κ3) is 5.19. The Balaban J connectivity index is 0. The summed E-state index contributed by atoms with van der Waals surface area (Å²) in [5.41, 5.74) is 8.13. The summed E-state index contributed by atoms with van der Waals surface area (Å²) < 4.78 is 2.50. The lowest BCUT2D eigenvalue weighted by Crippen LogP contribution is -2.47. The number of anilines is 2. The van der Waals surface area contributed by atoms with Crippen molar-refractivity contribution in [2.45, 2.75) is 33.0 Å². The van der Waals surface area contributed by atoms with Gasteiger partial charge in [-0.1, -0.05) is 38.7 Å². The second-order valence-electron chi connectivity index (χ2n) is 4.88. The molecule has 0 bridgehead atoms. The predicted octanol–water partition coefficient (Wildman–Crippen LogP) is 4.16. The summed E-state index contributed by atoms with van der Waals surface area (Å²) in [5, 5.41) is 0.